The number of hydrogen-bond acceptors (Lipinski definition) is 7. The van der Waals surface area contributed by atoms with Crippen molar-refractivity contribution in [2.45, 2.75) is 37.8 Å². The summed E-state index contributed by atoms with van der Waals surface area (Å²) in [5.41, 5.74) is 0.612. The Bertz CT molecular complexity index is 778. The molecule has 3 aliphatic heterocycles. The first kappa shape index (κ1) is 20.0. The minimum absolute atomic E-state index is 0.138. The number of nitrogens with zero attached hydrogens (tertiary/aromatic N) is 2. The molecular formula is C21H28N2O6. The van der Waals surface area contributed by atoms with Gasteiger partial charge in [-0.15, -0.1) is 0 Å². The SMILES string of the molecule is C[C@H](C(=O)c1ccc2c(c1)OCO2)N(C)C(=O)OCCN1CCCCC12COC2. The summed E-state index contributed by atoms with van der Waals surface area (Å²) >= 11 is 0. The maximum absolute atomic E-state index is 12.8. The summed E-state index contributed by atoms with van der Waals surface area (Å²) in [7, 11) is 1.58. The lowest BCUT2D eigenvalue weighted by atomic mass is 9.85. The molecule has 29 heavy (non-hydrogen) atoms. The van der Waals surface area contributed by atoms with Gasteiger partial charge in [0.25, 0.3) is 0 Å². The zero-order chi connectivity index (χ0) is 20.4. The van der Waals surface area contributed by atoms with Crippen LogP contribution in [0.4, 0.5) is 4.79 Å². The Morgan fingerprint density at radius 3 is 2.79 bits per heavy atom. The van der Waals surface area contributed by atoms with Crippen molar-refractivity contribution in [3.8, 4) is 11.5 Å². The van der Waals surface area contributed by atoms with Gasteiger partial charge in [-0.25, -0.2) is 4.79 Å². The third-order valence-corrected chi connectivity index (χ3v) is 6.22. The maximum Gasteiger partial charge on any atom is 0.410 e. The van der Waals surface area contributed by atoms with E-state index in [0.29, 0.717) is 30.2 Å². The molecule has 0 bridgehead atoms. The van der Waals surface area contributed by atoms with E-state index in [0.717, 1.165) is 32.6 Å². The number of piperidine rings is 1. The fourth-order valence-corrected chi connectivity index (χ4v) is 4.14. The zero-order valence-electron chi connectivity index (χ0n) is 17.0. The molecule has 1 atom stereocenters. The Morgan fingerprint density at radius 1 is 1.24 bits per heavy atom. The number of carbonyl (C=O) groups is 2. The van der Waals surface area contributed by atoms with Gasteiger partial charge in [-0.2, -0.15) is 0 Å². The molecule has 0 N–H and O–H groups in total. The van der Waals surface area contributed by atoms with E-state index in [9.17, 15) is 9.59 Å². The van der Waals surface area contributed by atoms with Crippen LogP contribution in [-0.2, 0) is 9.47 Å². The van der Waals surface area contributed by atoms with Crippen LogP contribution in [0.2, 0.25) is 0 Å². The molecule has 1 amide bonds. The van der Waals surface area contributed by atoms with Crippen LogP contribution in [0, 0.1) is 0 Å². The molecule has 158 valence electrons. The van der Waals surface area contributed by atoms with Crippen molar-refractivity contribution in [3.63, 3.8) is 0 Å². The number of amides is 1. The third kappa shape index (κ3) is 3.91. The number of fused-ring (bicyclic) bond motifs is 1. The molecule has 4 rings (SSSR count). The molecule has 0 unspecified atom stereocenters. The molecule has 0 aliphatic carbocycles. The molecule has 0 saturated carbocycles. The number of ether oxygens (including phenoxy) is 4. The monoisotopic (exact) mass is 404 g/mol. The molecule has 8 heteroatoms. The van der Waals surface area contributed by atoms with Crippen LogP contribution in [0.3, 0.4) is 0 Å². The maximum atomic E-state index is 12.8. The number of hydrogen-bond donors (Lipinski definition) is 0. The van der Waals surface area contributed by atoms with Gasteiger partial charge in [0, 0.05) is 19.2 Å². The summed E-state index contributed by atoms with van der Waals surface area (Å²) in [6.45, 7) is 5.38. The highest BCUT2D eigenvalue weighted by Crippen LogP contribution is 2.34. The number of Topliss-reactive ketones (excluding diaryl/α,β-unsaturated/α-hetero) is 1. The van der Waals surface area contributed by atoms with Gasteiger partial charge in [-0.1, -0.05) is 6.42 Å². The lowest BCUT2D eigenvalue weighted by molar-refractivity contribution is -0.158. The first-order chi connectivity index (χ1) is 14.0. The standard InChI is InChI=1S/C21H28N2O6/c1-15(19(24)16-5-6-17-18(11-16)29-14-28-17)22(2)20(25)27-10-9-23-8-4-3-7-21(23)12-26-13-21/h5-6,11,15H,3-4,7-10,12-14H2,1-2H3/t15-/m1/s1. The molecule has 0 aromatic heterocycles. The Kier molecular flexibility index (Phi) is 5.65. The molecule has 3 aliphatic rings. The van der Waals surface area contributed by atoms with Gasteiger partial charge in [0.15, 0.2) is 17.3 Å². The second-order valence-electron chi connectivity index (χ2n) is 7.99. The third-order valence-electron chi connectivity index (χ3n) is 6.22. The average Bonchev–Trinajstić information content (AvgIpc) is 3.19. The van der Waals surface area contributed by atoms with E-state index in [1.165, 1.54) is 11.3 Å². The smallest absolute Gasteiger partial charge is 0.410 e. The minimum Gasteiger partial charge on any atom is -0.454 e. The first-order valence-corrected chi connectivity index (χ1v) is 10.2. The summed E-state index contributed by atoms with van der Waals surface area (Å²) in [4.78, 5) is 29.0. The molecule has 0 radical (unpaired) electrons. The van der Waals surface area contributed by atoms with Crippen LogP contribution in [0.25, 0.3) is 0 Å². The number of likely N-dealkylation sites (tertiary alicyclic amines) is 1. The lowest BCUT2D eigenvalue weighted by Crippen LogP contribution is -2.64. The molecular weight excluding hydrogens is 376 g/mol. The fourth-order valence-electron chi connectivity index (χ4n) is 4.14. The van der Waals surface area contributed by atoms with E-state index in [1.54, 1.807) is 32.2 Å². The van der Waals surface area contributed by atoms with Gasteiger partial charge in [0.2, 0.25) is 6.79 Å². The summed E-state index contributed by atoms with van der Waals surface area (Å²) < 4.78 is 21.5. The van der Waals surface area contributed by atoms with Gasteiger partial charge < -0.3 is 23.8 Å². The van der Waals surface area contributed by atoms with Crippen molar-refractivity contribution in [1.29, 1.82) is 0 Å². The van der Waals surface area contributed by atoms with Crippen molar-refractivity contribution in [1.82, 2.24) is 9.80 Å². The molecule has 1 spiro atoms. The van der Waals surface area contributed by atoms with Gasteiger partial charge >= 0.3 is 6.09 Å². The summed E-state index contributed by atoms with van der Waals surface area (Å²) in [6.07, 6.45) is 3.03. The number of ketones is 1. The first-order valence-electron chi connectivity index (χ1n) is 10.2. The van der Waals surface area contributed by atoms with Crippen LogP contribution in [0.5, 0.6) is 11.5 Å². The topological polar surface area (TPSA) is 77.5 Å². The summed E-state index contributed by atoms with van der Waals surface area (Å²) in [5.74, 6) is 0.988. The van der Waals surface area contributed by atoms with Crippen molar-refractivity contribution >= 4 is 11.9 Å². The number of rotatable bonds is 6. The van der Waals surface area contributed by atoms with Crippen molar-refractivity contribution in [2.24, 2.45) is 0 Å². The van der Waals surface area contributed by atoms with E-state index >= 15 is 0 Å². The van der Waals surface area contributed by atoms with E-state index in [-0.39, 0.29) is 18.1 Å². The summed E-state index contributed by atoms with van der Waals surface area (Å²) in [6, 6.07) is 4.39. The van der Waals surface area contributed by atoms with Gasteiger partial charge in [-0.3, -0.25) is 9.69 Å². The normalized spacial score (nSPS) is 20.8. The molecule has 8 nitrogen and oxygen atoms in total. The van der Waals surface area contributed by atoms with Crippen LogP contribution < -0.4 is 9.47 Å². The van der Waals surface area contributed by atoms with Crippen LogP contribution in [-0.4, -0.2) is 80.0 Å². The number of likely N-dealkylation sites (N-methyl/N-ethyl adjacent to an activating group) is 1. The zero-order valence-corrected chi connectivity index (χ0v) is 17.0. The van der Waals surface area contributed by atoms with Crippen LogP contribution >= 0.6 is 0 Å². The Hall–Kier alpha value is -2.32. The largest absolute Gasteiger partial charge is 0.454 e. The van der Waals surface area contributed by atoms with Crippen LogP contribution in [0.1, 0.15) is 36.5 Å². The lowest BCUT2D eigenvalue weighted by Gasteiger charge is -2.52. The second-order valence-corrected chi connectivity index (χ2v) is 7.99. The number of benzene rings is 1. The van der Waals surface area contributed by atoms with E-state index < -0.39 is 12.1 Å². The van der Waals surface area contributed by atoms with E-state index in [1.807, 2.05) is 0 Å². The predicted molar refractivity (Wildman–Crippen MR) is 104 cm³/mol. The van der Waals surface area contributed by atoms with Crippen molar-refractivity contribution in [2.75, 3.05) is 46.8 Å². The quantitative estimate of drug-likeness (QED) is 0.674. The summed E-state index contributed by atoms with van der Waals surface area (Å²) in [5, 5.41) is 0. The fraction of sp³-hybridized carbons (Fsp3) is 0.619. The molecule has 1 aromatic carbocycles. The number of carbonyl (C=O) groups excluding carboxylic acids is 2. The Labute approximate surface area is 170 Å². The highest BCUT2D eigenvalue weighted by atomic mass is 16.7. The molecule has 3 heterocycles. The van der Waals surface area contributed by atoms with Crippen molar-refractivity contribution < 1.29 is 28.5 Å². The van der Waals surface area contributed by atoms with Gasteiger partial charge in [0.05, 0.1) is 24.8 Å². The highest BCUT2D eigenvalue weighted by Gasteiger charge is 2.45. The average molecular weight is 404 g/mol. The molecule has 2 saturated heterocycles. The van der Waals surface area contributed by atoms with Gasteiger partial charge in [-0.05, 0) is 44.5 Å². The predicted octanol–water partition coefficient (Wildman–Crippen LogP) is 2.31. The van der Waals surface area contributed by atoms with Crippen LogP contribution in [0.15, 0.2) is 18.2 Å². The molecule has 2 fully saturated rings. The highest BCUT2D eigenvalue weighted by molar-refractivity contribution is 6.01. The van der Waals surface area contributed by atoms with Crippen molar-refractivity contribution in [3.05, 3.63) is 23.8 Å². The Morgan fingerprint density at radius 2 is 2.03 bits per heavy atom. The van der Waals surface area contributed by atoms with E-state index in [2.05, 4.69) is 4.90 Å². The van der Waals surface area contributed by atoms with E-state index in [4.69, 9.17) is 18.9 Å². The van der Waals surface area contributed by atoms with Gasteiger partial charge in [0.1, 0.15) is 6.61 Å². The second kappa shape index (κ2) is 8.20. The molecule has 1 aromatic rings. The minimum atomic E-state index is -0.649. The Balaban J connectivity index is 1.28.